The number of pyridine rings is 1. The Kier molecular flexibility index (Phi) is 4.25. The minimum absolute atomic E-state index is 0.0264. The van der Waals surface area contributed by atoms with E-state index in [1.54, 1.807) is 0 Å². The monoisotopic (exact) mass is 252 g/mol. The Bertz CT molecular complexity index is 425. The number of carbonyl (C=O) groups is 1. The smallest absolute Gasteiger partial charge is 0.254 e. The van der Waals surface area contributed by atoms with Gasteiger partial charge in [0.2, 0.25) is 0 Å². The Balaban J connectivity index is 2.04. The first-order valence-corrected chi connectivity index (χ1v) is 6.27. The van der Waals surface area contributed by atoms with Crippen molar-refractivity contribution in [3.63, 3.8) is 0 Å². The lowest BCUT2D eigenvalue weighted by Gasteiger charge is -2.21. The Morgan fingerprint density at radius 3 is 2.94 bits per heavy atom. The average molecular weight is 252 g/mol. The highest BCUT2D eigenvalue weighted by Gasteiger charge is 2.24. The molecule has 1 aromatic rings. The predicted octanol–water partition coefficient (Wildman–Crippen LogP) is 1.64. The van der Waals surface area contributed by atoms with Gasteiger partial charge in [0, 0.05) is 6.20 Å². The molecule has 5 heteroatoms. The molecule has 2 rings (SSSR count). The average Bonchev–Trinajstić information content (AvgIpc) is 2.55. The fraction of sp³-hybridized carbons (Fsp3) is 0.538. The molecule has 1 aliphatic rings. The molecule has 4 nitrogen and oxygen atoms in total. The number of hydrogen-bond acceptors (Lipinski definition) is 3. The van der Waals surface area contributed by atoms with Crippen molar-refractivity contribution in [1.29, 1.82) is 0 Å². The normalized spacial score (nSPS) is 24.3. The van der Waals surface area contributed by atoms with E-state index < -0.39 is 17.8 Å². The summed E-state index contributed by atoms with van der Waals surface area (Å²) >= 11 is 0. The molecule has 0 spiro atoms. The lowest BCUT2D eigenvalue weighted by atomic mass is 10.1. The summed E-state index contributed by atoms with van der Waals surface area (Å²) in [6.07, 6.45) is 6.27. The molecule has 0 aromatic carbocycles. The molecule has 18 heavy (non-hydrogen) atoms. The number of nitrogens with zero attached hydrogens (tertiary/aromatic N) is 1. The first kappa shape index (κ1) is 13.0. The van der Waals surface area contributed by atoms with Crippen LogP contribution in [-0.2, 0) is 0 Å². The molecule has 1 heterocycles. The number of hydrogen-bond donors (Lipinski definition) is 2. The topological polar surface area (TPSA) is 62.2 Å². The quantitative estimate of drug-likeness (QED) is 0.787. The zero-order valence-electron chi connectivity index (χ0n) is 10.1. The second-order valence-electron chi connectivity index (χ2n) is 4.64. The van der Waals surface area contributed by atoms with Crippen molar-refractivity contribution in [2.45, 2.75) is 44.2 Å². The molecule has 0 bridgehead atoms. The molecule has 1 saturated carbocycles. The summed E-state index contributed by atoms with van der Waals surface area (Å²) in [5.41, 5.74) is -0.0264. The highest BCUT2D eigenvalue weighted by molar-refractivity contribution is 5.94. The van der Waals surface area contributed by atoms with Crippen molar-refractivity contribution in [2.75, 3.05) is 0 Å². The van der Waals surface area contributed by atoms with E-state index in [2.05, 4.69) is 10.3 Å². The fourth-order valence-electron chi connectivity index (χ4n) is 2.26. The van der Waals surface area contributed by atoms with E-state index in [1.165, 1.54) is 12.3 Å². The lowest BCUT2D eigenvalue weighted by molar-refractivity contribution is 0.0815. The van der Waals surface area contributed by atoms with E-state index in [-0.39, 0.29) is 11.6 Å². The van der Waals surface area contributed by atoms with Crippen LogP contribution in [-0.4, -0.2) is 28.1 Å². The summed E-state index contributed by atoms with van der Waals surface area (Å²) in [4.78, 5) is 15.5. The van der Waals surface area contributed by atoms with Crippen LogP contribution in [0.2, 0.25) is 0 Å². The maximum Gasteiger partial charge on any atom is 0.254 e. The van der Waals surface area contributed by atoms with Gasteiger partial charge in [-0.1, -0.05) is 19.3 Å². The third-order valence-corrected chi connectivity index (χ3v) is 3.31. The van der Waals surface area contributed by atoms with Crippen molar-refractivity contribution < 1.29 is 14.3 Å². The van der Waals surface area contributed by atoms with Crippen molar-refractivity contribution in [3.05, 3.63) is 29.8 Å². The second-order valence-corrected chi connectivity index (χ2v) is 4.64. The molecule has 1 amide bonds. The zero-order chi connectivity index (χ0) is 13.0. The first-order valence-electron chi connectivity index (χ1n) is 6.27. The van der Waals surface area contributed by atoms with Crippen LogP contribution in [0.5, 0.6) is 0 Å². The number of aliphatic hydroxyl groups excluding tert-OH is 1. The molecule has 1 aliphatic carbocycles. The minimum Gasteiger partial charge on any atom is -0.391 e. The van der Waals surface area contributed by atoms with Gasteiger partial charge in [-0.25, -0.2) is 4.39 Å². The van der Waals surface area contributed by atoms with Crippen molar-refractivity contribution in [3.8, 4) is 0 Å². The van der Waals surface area contributed by atoms with Gasteiger partial charge in [0.15, 0.2) is 5.82 Å². The molecule has 0 saturated heterocycles. The molecule has 2 unspecified atom stereocenters. The SMILES string of the molecule is O=C(NC1CCCCCC1O)c1ccncc1F. The van der Waals surface area contributed by atoms with Crippen LogP contribution in [0.15, 0.2) is 18.5 Å². The number of amides is 1. The van der Waals surface area contributed by atoms with Crippen LogP contribution in [0, 0.1) is 5.82 Å². The van der Waals surface area contributed by atoms with Gasteiger partial charge in [-0.3, -0.25) is 9.78 Å². The van der Waals surface area contributed by atoms with Crippen LogP contribution in [0.3, 0.4) is 0 Å². The van der Waals surface area contributed by atoms with Gasteiger partial charge in [-0.05, 0) is 18.9 Å². The summed E-state index contributed by atoms with van der Waals surface area (Å²) in [6, 6.07) is 1.06. The van der Waals surface area contributed by atoms with E-state index in [0.717, 1.165) is 31.9 Å². The summed E-state index contributed by atoms with van der Waals surface area (Å²) in [5.74, 6) is -1.13. The number of aliphatic hydroxyl groups is 1. The molecule has 2 atom stereocenters. The molecular formula is C13H17FN2O2. The van der Waals surface area contributed by atoms with Crippen LogP contribution in [0.25, 0.3) is 0 Å². The molecular weight excluding hydrogens is 235 g/mol. The van der Waals surface area contributed by atoms with Crippen molar-refractivity contribution >= 4 is 5.91 Å². The summed E-state index contributed by atoms with van der Waals surface area (Å²) in [5, 5.41) is 12.6. The largest absolute Gasteiger partial charge is 0.391 e. The Morgan fingerprint density at radius 2 is 2.17 bits per heavy atom. The lowest BCUT2D eigenvalue weighted by Crippen LogP contribution is -2.42. The van der Waals surface area contributed by atoms with E-state index in [0.29, 0.717) is 6.42 Å². The molecule has 0 aliphatic heterocycles. The number of halogens is 1. The van der Waals surface area contributed by atoms with E-state index >= 15 is 0 Å². The molecule has 1 aromatic heterocycles. The first-order chi connectivity index (χ1) is 8.68. The molecule has 1 fully saturated rings. The van der Waals surface area contributed by atoms with Gasteiger partial charge in [-0.2, -0.15) is 0 Å². The maximum atomic E-state index is 13.4. The molecule has 98 valence electrons. The second kappa shape index (κ2) is 5.91. The number of aromatic nitrogens is 1. The minimum atomic E-state index is -0.641. The molecule has 0 radical (unpaired) electrons. The zero-order valence-corrected chi connectivity index (χ0v) is 10.1. The van der Waals surface area contributed by atoms with Gasteiger partial charge in [-0.15, -0.1) is 0 Å². The predicted molar refractivity (Wildman–Crippen MR) is 64.5 cm³/mol. The summed E-state index contributed by atoms with van der Waals surface area (Å²) in [6.45, 7) is 0. The highest BCUT2D eigenvalue weighted by Crippen LogP contribution is 2.18. The van der Waals surface area contributed by atoms with E-state index in [1.807, 2.05) is 0 Å². The summed E-state index contributed by atoms with van der Waals surface area (Å²) < 4.78 is 13.4. The number of carbonyl (C=O) groups excluding carboxylic acids is 1. The highest BCUT2D eigenvalue weighted by atomic mass is 19.1. The van der Waals surface area contributed by atoms with Crippen molar-refractivity contribution in [2.24, 2.45) is 0 Å². The van der Waals surface area contributed by atoms with Crippen LogP contribution in [0.1, 0.15) is 42.5 Å². The van der Waals surface area contributed by atoms with Crippen LogP contribution < -0.4 is 5.32 Å². The number of nitrogens with one attached hydrogen (secondary N) is 1. The summed E-state index contributed by atoms with van der Waals surface area (Å²) in [7, 11) is 0. The maximum absolute atomic E-state index is 13.4. The van der Waals surface area contributed by atoms with Gasteiger partial charge in [0.1, 0.15) is 0 Å². The fourth-order valence-corrected chi connectivity index (χ4v) is 2.26. The third kappa shape index (κ3) is 3.04. The van der Waals surface area contributed by atoms with Gasteiger partial charge in [0.25, 0.3) is 5.91 Å². The van der Waals surface area contributed by atoms with E-state index in [9.17, 15) is 14.3 Å². The third-order valence-electron chi connectivity index (χ3n) is 3.31. The van der Waals surface area contributed by atoms with Crippen molar-refractivity contribution in [1.82, 2.24) is 10.3 Å². The Labute approximate surface area is 105 Å². The van der Waals surface area contributed by atoms with Crippen LogP contribution >= 0.6 is 0 Å². The standard InChI is InChI=1S/C13H17FN2O2/c14-10-8-15-7-6-9(10)13(18)16-11-4-2-1-3-5-12(11)17/h6-8,11-12,17H,1-5H2,(H,16,18). The number of rotatable bonds is 2. The Hall–Kier alpha value is -1.49. The van der Waals surface area contributed by atoms with Gasteiger partial charge >= 0.3 is 0 Å². The Morgan fingerprint density at radius 1 is 1.39 bits per heavy atom. The van der Waals surface area contributed by atoms with Gasteiger partial charge < -0.3 is 10.4 Å². The van der Waals surface area contributed by atoms with Crippen LogP contribution in [0.4, 0.5) is 4.39 Å². The van der Waals surface area contributed by atoms with E-state index in [4.69, 9.17) is 0 Å². The van der Waals surface area contributed by atoms with Gasteiger partial charge in [0.05, 0.1) is 23.9 Å². The molecule has 2 N–H and O–H groups in total.